The van der Waals surface area contributed by atoms with Crippen molar-refractivity contribution in [3.8, 4) is 11.5 Å². The summed E-state index contributed by atoms with van der Waals surface area (Å²) in [5.74, 6) is 1.43. The molecule has 0 radical (unpaired) electrons. The monoisotopic (exact) mass is 337 g/mol. The Morgan fingerprint density at radius 3 is 2.72 bits per heavy atom. The maximum Gasteiger partial charge on any atom is 0.236 e. The summed E-state index contributed by atoms with van der Waals surface area (Å²) in [5, 5.41) is 7.47. The Bertz CT molecular complexity index is 979. The van der Waals surface area contributed by atoms with E-state index in [-0.39, 0.29) is 5.91 Å². The first kappa shape index (κ1) is 15.9. The van der Waals surface area contributed by atoms with E-state index in [2.05, 4.69) is 34.0 Å². The highest BCUT2D eigenvalue weighted by atomic mass is 16.2. The van der Waals surface area contributed by atoms with Gasteiger partial charge >= 0.3 is 0 Å². The predicted octanol–water partition coefficient (Wildman–Crippen LogP) is 3.41. The molecule has 0 spiro atoms. The van der Waals surface area contributed by atoms with Crippen molar-refractivity contribution in [2.75, 3.05) is 11.9 Å². The summed E-state index contributed by atoms with van der Waals surface area (Å²) in [6.45, 7) is 8.30. The van der Waals surface area contributed by atoms with Gasteiger partial charge in [0, 0.05) is 18.4 Å². The molecule has 1 aliphatic heterocycles. The number of likely N-dealkylation sites (N-methyl/N-ethyl adjacent to an activating group) is 1. The number of hydrogen-bond acceptors (Lipinski definition) is 3. The molecule has 2 N–H and O–H groups in total. The third-order valence-electron chi connectivity index (χ3n) is 4.98. The van der Waals surface area contributed by atoms with Crippen LogP contribution in [0.2, 0.25) is 0 Å². The van der Waals surface area contributed by atoms with Crippen molar-refractivity contribution in [1.82, 2.24) is 20.2 Å². The van der Waals surface area contributed by atoms with E-state index in [4.69, 9.17) is 0 Å². The molecular formula is C19H23N5O. The topological polar surface area (TPSA) is 77.7 Å². The number of benzene rings is 1. The summed E-state index contributed by atoms with van der Waals surface area (Å²) in [6, 6.07) is 6.08. The molecule has 0 saturated carbocycles. The number of imidazole rings is 1. The Hall–Kier alpha value is -2.63. The van der Waals surface area contributed by atoms with Gasteiger partial charge in [0.25, 0.3) is 0 Å². The van der Waals surface area contributed by atoms with Crippen molar-refractivity contribution < 1.29 is 4.79 Å². The van der Waals surface area contributed by atoms with Crippen LogP contribution in [0.3, 0.4) is 0 Å². The van der Waals surface area contributed by atoms with E-state index in [0.29, 0.717) is 5.92 Å². The van der Waals surface area contributed by atoms with Gasteiger partial charge in [0.05, 0.1) is 16.4 Å². The van der Waals surface area contributed by atoms with Crippen LogP contribution in [0, 0.1) is 5.92 Å². The van der Waals surface area contributed by atoms with Gasteiger partial charge in [-0.2, -0.15) is 5.10 Å². The molecule has 4 rings (SSSR count). The normalized spacial score (nSPS) is 16.2. The van der Waals surface area contributed by atoms with Crippen molar-refractivity contribution in [3.05, 3.63) is 29.5 Å². The molecule has 0 atom stereocenters. The quantitative estimate of drug-likeness (QED) is 0.769. The number of aromatic amines is 2. The van der Waals surface area contributed by atoms with E-state index in [9.17, 15) is 4.79 Å². The van der Waals surface area contributed by atoms with Crippen LogP contribution >= 0.6 is 0 Å². The maximum absolute atomic E-state index is 12.4. The van der Waals surface area contributed by atoms with Crippen LogP contribution < -0.4 is 4.90 Å². The average Bonchev–Trinajstić information content (AvgIpc) is 3.20. The zero-order chi connectivity index (χ0) is 17.9. The number of nitrogens with one attached hydrogen (secondary N) is 2. The summed E-state index contributed by atoms with van der Waals surface area (Å²) in [7, 11) is 1.82. The van der Waals surface area contributed by atoms with E-state index in [1.807, 2.05) is 39.1 Å². The number of rotatable bonds is 3. The molecule has 25 heavy (non-hydrogen) atoms. The first-order valence-corrected chi connectivity index (χ1v) is 8.64. The first-order chi connectivity index (χ1) is 11.8. The summed E-state index contributed by atoms with van der Waals surface area (Å²) >= 11 is 0. The van der Waals surface area contributed by atoms with Gasteiger partial charge < -0.3 is 9.88 Å². The van der Waals surface area contributed by atoms with Gasteiger partial charge in [0.2, 0.25) is 5.91 Å². The summed E-state index contributed by atoms with van der Waals surface area (Å²) in [5.41, 5.74) is 5.15. The third-order valence-corrected chi connectivity index (χ3v) is 4.98. The molecule has 1 aliphatic rings. The third kappa shape index (κ3) is 2.35. The number of anilines is 1. The molecule has 0 unspecified atom stereocenters. The molecule has 3 heterocycles. The van der Waals surface area contributed by atoms with Crippen molar-refractivity contribution in [2.45, 2.75) is 39.5 Å². The number of nitrogens with zero attached hydrogens (tertiary/aromatic N) is 3. The summed E-state index contributed by atoms with van der Waals surface area (Å²) < 4.78 is 0. The minimum Gasteiger partial charge on any atom is -0.337 e. The Morgan fingerprint density at radius 2 is 2.00 bits per heavy atom. The fourth-order valence-electron chi connectivity index (χ4n) is 3.62. The first-order valence-electron chi connectivity index (χ1n) is 8.64. The molecule has 1 aromatic carbocycles. The van der Waals surface area contributed by atoms with E-state index in [1.165, 1.54) is 0 Å². The number of carbonyl (C=O) groups excluding carboxylic acids is 1. The van der Waals surface area contributed by atoms with E-state index in [1.54, 1.807) is 4.90 Å². The van der Waals surface area contributed by atoms with E-state index < -0.39 is 5.41 Å². The largest absolute Gasteiger partial charge is 0.337 e. The molecule has 2 aromatic heterocycles. The highest BCUT2D eigenvalue weighted by Crippen LogP contribution is 2.42. The van der Waals surface area contributed by atoms with Crippen LogP contribution in [0.5, 0.6) is 0 Å². The Kier molecular flexibility index (Phi) is 3.29. The van der Waals surface area contributed by atoms with Gasteiger partial charge in [0.1, 0.15) is 5.69 Å². The Labute approximate surface area is 146 Å². The molecule has 0 saturated heterocycles. The molecular weight excluding hydrogens is 314 g/mol. The van der Waals surface area contributed by atoms with Crippen LogP contribution in [-0.4, -0.2) is 33.1 Å². The fourth-order valence-corrected chi connectivity index (χ4v) is 3.62. The smallest absolute Gasteiger partial charge is 0.236 e. The second-order valence-corrected chi connectivity index (χ2v) is 7.84. The standard InChI is InChI=1S/C19H23N5O/c1-10(2)6-11-7-15(23-22-11)17-20-13-8-12-16(9-14(13)21-17)24(5)18(25)19(12,3)4/h7-10H,6H2,1-5H3,(H,20,21)(H,22,23). The lowest BCUT2D eigenvalue weighted by molar-refractivity contribution is -0.121. The predicted molar refractivity (Wildman–Crippen MR) is 98.7 cm³/mol. The molecule has 3 aromatic rings. The second-order valence-electron chi connectivity index (χ2n) is 7.84. The van der Waals surface area contributed by atoms with Gasteiger partial charge in [0.15, 0.2) is 5.82 Å². The van der Waals surface area contributed by atoms with Crippen LogP contribution in [0.4, 0.5) is 5.69 Å². The molecule has 130 valence electrons. The molecule has 6 heteroatoms. The number of amides is 1. The zero-order valence-electron chi connectivity index (χ0n) is 15.3. The number of fused-ring (bicyclic) bond motifs is 2. The molecule has 0 aliphatic carbocycles. The number of carbonyl (C=O) groups is 1. The zero-order valence-corrected chi connectivity index (χ0v) is 15.3. The highest BCUT2D eigenvalue weighted by molar-refractivity contribution is 6.09. The average molecular weight is 337 g/mol. The van der Waals surface area contributed by atoms with Gasteiger partial charge in [-0.25, -0.2) is 4.98 Å². The Balaban J connectivity index is 1.78. The minimum atomic E-state index is -0.514. The lowest BCUT2D eigenvalue weighted by atomic mass is 9.86. The van der Waals surface area contributed by atoms with Gasteiger partial charge in [-0.15, -0.1) is 0 Å². The summed E-state index contributed by atoms with van der Waals surface area (Å²) in [4.78, 5) is 22.2. The van der Waals surface area contributed by atoms with Crippen molar-refractivity contribution in [3.63, 3.8) is 0 Å². The van der Waals surface area contributed by atoms with Gasteiger partial charge in [-0.05, 0) is 49.9 Å². The fraction of sp³-hybridized carbons (Fsp3) is 0.421. The van der Waals surface area contributed by atoms with Gasteiger partial charge in [-0.3, -0.25) is 9.89 Å². The van der Waals surface area contributed by atoms with E-state index >= 15 is 0 Å². The second kappa shape index (κ2) is 5.18. The van der Waals surface area contributed by atoms with Crippen LogP contribution in [0.1, 0.15) is 39.0 Å². The molecule has 1 amide bonds. The van der Waals surface area contributed by atoms with Gasteiger partial charge in [-0.1, -0.05) is 13.8 Å². The van der Waals surface area contributed by atoms with Crippen molar-refractivity contribution >= 4 is 22.6 Å². The van der Waals surface area contributed by atoms with Crippen LogP contribution in [0.15, 0.2) is 18.2 Å². The highest BCUT2D eigenvalue weighted by Gasteiger charge is 2.42. The lowest BCUT2D eigenvalue weighted by Crippen LogP contribution is -2.33. The van der Waals surface area contributed by atoms with E-state index in [0.717, 1.165) is 45.9 Å². The van der Waals surface area contributed by atoms with Crippen molar-refractivity contribution in [2.24, 2.45) is 5.92 Å². The molecule has 6 nitrogen and oxygen atoms in total. The SMILES string of the molecule is CC(C)Cc1cc(-c2nc3cc4c(cc3[nH]2)C(C)(C)C(=O)N4C)n[nH]1. The minimum absolute atomic E-state index is 0.112. The number of aromatic nitrogens is 4. The number of hydrogen-bond donors (Lipinski definition) is 2. The molecule has 0 fully saturated rings. The Morgan fingerprint density at radius 1 is 1.24 bits per heavy atom. The van der Waals surface area contributed by atoms with Crippen LogP contribution in [-0.2, 0) is 16.6 Å². The maximum atomic E-state index is 12.4. The lowest BCUT2D eigenvalue weighted by Gasteiger charge is -2.16. The van der Waals surface area contributed by atoms with Crippen LogP contribution in [0.25, 0.3) is 22.6 Å². The van der Waals surface area contributed by atoms with Crippen molar-refractivity contribution in [1.29, 1.82) is 0 Å². The summed E-state index contributed by atoms with van der Waals surface area (Å²) in [6.07, 6.45) is 0.961. The number of H-pyrrole nitrogens is 2. The molecule has 0 bridgehead atoms.